The van der Waals surface area contributed by atoms with Crippen LogP contribution < -0.4 is 5.32 Å². The fourth-order valence-corrected chi connectivity index (χ4v) is 3.63. The molecule has 0 aliphatic rings. The number of rotatable bonds is 7. The average Bonchev–Trinajstić information content (AvgIpc) is 3.11. The maximum absolute atomic E-state index is 11.5. The molecule has 0 radical (unpaired) electrons. The van der Waals surface area contributed by atoms with E-state index in [1.807, 2.05) is 41.8 Å². The minimum absolute atomic E-state index is 0.00627. The Morgan fingerprint density at radius 3 is 2.46 bits per heavy atom. The van der Waals surface area contributed by atoms with Crippen LogP contribution in [0.5, 0.6) is 0 Å². The fraction of sp³-hybridized carbons (Fsp3) is 0.211. The van der Waals surface area contributed by atoms with Crippen molar-refractivity contribution in [2.24, 2.45) is 0 Å². The van der Waals surface area contributed by atoms with Crippen molar-refractivity contribution < 1.29 is 9.72 Å². The molecule has 1 heterocycles. The lowest BCUT2D eigenvalue weighted by atomic mass is 10.2. The Bertz CT molecular complexity index is 973. The van der Waals surface area contributed by atoms with Crippen molar-refractivity contribution in [1.29, 1.82) is 0 Å². The molecular formula is C19H19N5O3S. The second kappa shape index (κ2) is 8.66. The molecule has 1 aromatic heterocycles. The summed E-state index contributed by atoms with van der Waals surface area (Å²) in [4.78, 5) is 22.0. The Kier molecular flexibility index (Phi) is 6.05. The lowest BCUT2D eigenvalue weighted by Crippen LogP contribution is -2.26. The maximum atomic E-state index is 11.5. The summed E-state index contributed by atoms with van der Waals surface area (Å²) in [5.74, 6) is 1.07. The van der Waals surface area contributed by atoms with Gasteiger partial charge in [-0.05, 0) is 24.6 Å². The summed E-state index contributed by atoms with van der Waals surface area (Å²) in [6.45, 7) is 3.26. The van der Waals surface area contributed by atoms with Gasteiger partial charge in [0.1, 0.15) is 0 Å². The van der Waals surface area contributed by atoms with E-state index in [0.717, 1.165) is 5.56 Å². The van der Waals surface area contributed by atoms with Crippen LogP contribution in [0.15, 0.2) is 59.8 Å². The van der Waals surface area contributed by atoms with Gasteiger partial charge in [-0.15, -0.1) is 10.2 Å². The molecule has 0 bridgehead atoms. The van der Waals surface area contributed by atoms with Crippen LogP contribution in [0.25, 0.3) is 5.69 Å². The molecule has 0 fully saturated rings. The number of thioether (sulfide) groups is 1. The van der Waals surface area contributed by atoms with Crippen LogP contribution in [-0.4, -0.2) is 25.6 Å². The number of non-ortho nitro benzene ring substituents is 1. The van der Waals surface area contributed by atoms with Crippen molar-refractivity contribution in [2.75, 3.05) is 0 Å². The van der Waals surface area contributed by atoms with Gasteiger partial charge in [-0.25, -0.2) is 0 Å². The molecule has 2 aromatic carbocycles. The minimum atomic E-state index is -0.443. The summed E-state index contributed by atoms with van der Waals surface area (Å²) >= 11 is 1.51. The Morgan fingerprint density at radius 2 is 1.86 bits per heavy atom. The highest BCUT2D eigenvalue weighted by Crippen LogP contribution is 2.28. The third kappa shape index (κ3) is 4.55. The number of hydrogen-bond donors (Lipinski definition) is 1. The smallest absolute Gasteiger partial charge is 0.269 e. The van der Waals surface area contributed by atoms with E-state index < -0.39 is 4.92 Å². The molecule has 144 valence electrons. The van der Waals surface area contributed by atoms with Crippen molar-refractivity contribution in [1.82, 2.24) is 20.1 Å². The van der Waals surface area contributed by atoms with Crippen LogP contribution in [0.2, 0.25) is 0 Å². The Labute approximate surface area is 166 Å². The molecule has 1 unspecified atom stereocenters. The predicted octanol–water partition coefficient (Wildman–Crippen LogP) is 3.66. The lowest BCUT2D eigenvalue weighted by Gasteiger charge is -2.15. The molecule has 0 saturated heterocycles. The zero-order valence-corrected chi connectivity index (χ0v) is 16.2. The Hall–Kier alpha value is -3.20. The fourth-order valence-electron chi connectivity index (χ4n) is 2.71. The van der Waals surface area contributed by atoms with Gasteiger partial charge in [-0.1, -0.05) is 42.1 Å². The molecule has 1 N–H and O–H groups in total. The maximum Gasteiger partial charge on any atom is 0.269 e. The first-order valence-electron chi connectivity index (χ1n) is 8.59. The minimum Gasteiger partial charge on any atom is -0.347 e. The average molecular weight is 397 g/mol. The van der Waals surface area contributed by atoms with Gasteiger partial charge >= 0.3 is 0 Å². The number of nitro benzene ring substituents is 1. The first-order chi connectivity index (χ1) is 13.5. The SMILES string of the molecule is CC(=O)NC(C)c1nnc(SCc2ccccc2)n1-c1ccc([N+](=O)[O-])cc1. The molecule has 9 heteroatoms. The van der Waals surface area contributed by atoms with Crippen LogP contribution in [0.1, 0.15) is 31.3 Å². The van der Waals surface area contributed by atoms with Crippen LogP contribution in [0.3, 0.4) is 0 Å². The molecule has 0 saturated carbocycles. The molecule has 3 rings (SSSR count). The lowest BCUT2D eigenvalue weighted by molar-refractivity contribution is -0.384. The van der Waals surface area contributed by atoms with E-state index in [1.165, 1.54) is 30.8 Å². The molecule has 3 aromatic rings. The number of carbonyl (C=O) groups excluding carboxylic acids is 1. The third-order valence-corrected chi connectivity index (χ3v) is 5.00. The summed E-state index contributed by atoms with van der Waals surface area (Å²) in [6.07, 6.45) is 0. The number of carbonyl (C=O) groups is 1. The second-order valence-electron chi connectivity index (χ2n) is 6.15. The van der Waals surface area contributed by atoms with Gasteiger partial charge in [0.05, 0.1) is 11.0 Å². The number of nitro groups is 1. The zero-order chi connectivity index (χ0) is 20.1. The second-order valence-corrected chi connectivity index (χ2v) is 7.09. The first kappa shape index (κ1) is 19.6. The zero-order valence-electron chi connectivity index (χ0n) is 15.4. The van der Waals surface area contributed by atoms with Crippen molar-refractivity contribution in [3.8, 4) is 5.69 Å². The van der Waals surface area contributed by atoms with Gasteiger partial charge < -0.3 is 5.32 Å². The molecule has 28 heavy (non-hydrogen) atoms. The van der Waals surface area contributed by atoms with Crippen LogP contribution in [0.4, 0.5) is 5.69 Å². The van der Waals surface area contributed by atoms with Gasteiger partial charge in [0.25, 0.3) is 5.69 Å². The molecule has 0 aliphatic heterocycles. The number of benzene rings is 2. The summed E-state index contributed by atoms with van der Waals surface area (Å²) in [7, 11) is 0. The highest BCUT2D eigenvalue weighted by molar-refractivity contribution is 7.98. The van der Waals surface area contributed by atoms with Gasteiger partial charge in [0.2, 0.25) is 5.91 Å². The van der Waals surface area contributed by atoms with Crippen molar-refractivity contribution in [3.05, 3.63) is 76.1 Å². The van der Waals surface area contributed by atoms with Gasteiger partial charge in [0.15, 0.2) is 11.0 Å². The van der Waals surface area contributed by atoms with E-state index in [1.54, 1.807) is 12.1 Å². The van der Waals surface area contributed by atoms with Gasteiger partial charge in [-0.3, -0.25) is 19.5 Å². The predicted molar refractivity (Wildman–Crippen MR) is 106 cm³/mol. The topological polar surface area (TPSA) is 103 Å². The van der Waals surface area contributed by atoms with Crippen LogP contribution in [-0.2, 0) is 10.5 Å². The normalized spacial score (nSPS) is 11.8. The van der Waals surface area contributed by atoms with E-state index >= 15 is 0 Å². The summed E-state index contributed by atoms with van der Waals surface area (Å²) in [5.41, 5.74) is 1.84. The largest absolute Gasteiger partial charge is 0.347 e. The number of nitrogens with zero attached hydrogens (tertiary/aromatic N) is 4. The molecule has 0 spiro atoms. The van der Waals surface area contributed by atoms with Crippen molar-refractivity contribution in [2.45, 2.75) is 30.8 Å². The van der Waals surface area contributed by atoms with Crippen LogP contribution >= 0.6 is 11.8 Å². The monoisotopic (exact) mass is 397 g/mol. The summed E-state index contributed by atoms with van der Waals surface area (Å²) in [6, 6.07) is 15.8. The van der Waals surface area contributed by atoms with Gasteiger partial charge in [0, 0.05) is 30.5 Å². The molecule has 0 aliphatic carbocycles. The van der Waals surface area contributed by atoms with E-state index in [2.05, 4.69) is 15.5 Å². The highest BCUT2D eigenvalue weighted by atomic mass is 32.2. The standard InChI is InChI=1S/C19H19N5O3S/c1-13(20-14(2)25)18-21-22-19(28-12-15-6-4-3-5-7-15)23(18)16-8-10-17(11-9-16)24(26)27/h3-11,13H,12H2,1-2H3,(H,20,25). The third-order valence-electron chi connectivity index (χ3n) is 3.99. The number of nitrogens with one attached hydrogen (secondary N) is 1. The quantitative estimate of drug-likeness (QED) is 0.371. The number of amides is 1. The van der Waals surface area contributed by atoms with Crippen molar-refractivity contribution in [3.63, 3.8) is 0 Å². The Balaban J connectivity index is 1.96. The van der Waals surface area contributed by atoms with Crippen LogP contribution in [0, 0.1) is 10.1 Å². The molecule has 8 nitrogen and oxygen atoms in total. The number of hydrogen-bond acceptors (Lipinski definition) is 6. The van der Waals surface area contributed by atoms with E-state index in [9.17, 15) is 14.9 Å². The highest BCUT2D eigenvalue weighted by Gasteiger charge is 2.20. The van der Waals surface area contributed by atoms with E-state index in [-0.39, 0.29) is 17.6 Å². The van der Waals surface area contributed by atoms with Gasteiger partial charge in [-0.2, -0.15) is 0 Å². The first-order valence-corrected chi connectivity index (χ1v) is 9.58. The Morgan fingerprint density at radius 1 is 1.18 bits per heavy atom. The molecule has 1 atom stereocenters. The van der Waals surface area contributed by atoms with E-state index in [4.69, 9.17) is 0 Å². The number of aromatic nitrogens is 3. The van der Waals surface area contributed by atoms with Crippen molar-refractivity contribution >= 4 is 23.4 Å². The van der Waals surface area contributed by atoms with E-state index in [0.29, 0.717) is 22.4 Å². The summed E-state index contributed by atoms with van der Waals surface area (Å²) < 4.78 is 1.82. The molecular weight excluding hydrogens is 378 g/mol. The summed E-state index contributed by atoms with van der Waals surface area (Å²) in [5, 5.41) is 22.9. The molecule has 1 amide bonds.